The molecule has 2 aromatic carbocycles. The summed E-state index contributed by atoms with van der Waals surface area (Å²) in [4.78, 5) is 26.0. The third kappa shape index (κ3) is 5.69. The molecule has 0 fully saturated rings. The number of aliphatic hydroxyl groups is 1. The van der Waals surface area contributed by atoms with E-state index in [1.54, 1.807) is 6.07 Å². The molecule has 0 radical (unpaired) electrons. The maximum Gasteiger partial charge on any atom is 0.416 e. The Morgan fingerprint density at radius 2 is 1.79 bits per heavy atom. The molecule has 0 bridgehead atoms. The molecular weight excluding hydrogens is 449 g/mol. The lowest BCUT2D eigenvalue weighted by Gasteiger charge is -2.29. The number of allylic oxidation sites excluding steroid dienone is 2. The van der Waals surface area contributed by atoms with E-state index in [9.17, 15) is 27.9 Å². The molecule has 7 heteroatoms. The second-order valence-electron chi connectivity index (χ2n) is 8.78. The zero-order chi connectivity index (χ0) is 24.5. The fourth-order valence-electron chi connectivity index (χ4n) is 4.29. The first-order valence-electron chi connectivity index (χ1n) is 10.8. The molecule has 2 aromatic rings. The molecule has 33 heavy (non-hydrogen) atoms. The van der Waals surface area contributed by atoms with Crippen molar-refractivity contribution in [3.05, 3.63) is 70.0 Å². The van der Waals surface area contributed by atoms with Gasteiger partial charge < -0.3 is 5.11 Å². The Hall–Kier alpha value is -2.54. The molecule has 176 valence electrons. The van der Waals surface area contributed by atoms with Crippen molar-refractivity contribution in [3.63, 3.8) is 0 Å². The quantitative estimate of drug-likeness (QED) is 0.354. The number of thioether (sulfide) groups is 1. The third-order valence-electron chi connectivity index (χ3n) is 6.08. The van der Waals surface area contributed by atoms with Gasteiger partial charge >= 0.3 is 6.18 Å². The summed E-state index contributed by atoms with van der Waals surface area (Å²) in [5.41, 5.74) is 2.19. The molecule has 0 saturated heterocycles. The number of hydrogen-bond acceptors (Lipinski definition) is 4. The summed E-state index contributed by atoms with van der Waals surface area (Å²) in [7, 11) is 0. The third-order valence-corrected chi connectivity index (χ3v) is 7.38. The van der Waals surface area contributed by atoms with Gasteiger partial charge in [-0.2, -0.15) is 13.2 Å². The zero-order valence-corrected chi connectivity index (χ0v) is 19.9. The molecule has 1 aliphatic carbocycles. The van der Waals surface area contributed by atoms with Crippen LogP contribution in [0.15, 0.2) is 47.1 Å². The van der Waals surface area contributed by atoms with Crippen LogP contribution < -0.4 is 0 Å². The molecule has 0 amide bonds. The van der Waals surface area contributed by atoms with E-state index in [4.69, 9.17) is 0 Å². The number of halogens is 3. The molecule has 0 aliphatic heterocycles. The number of rotatable bonds is 6. The molecule has 2 atom stereocenters. The Kier molecular flexibility index (Phi) is 7.42. The molecule has 1 N–H and O–H groups in total. The lowest BCUT2D eigenvalue weighted by Crippen LogP contribution is -2.25. The van der Waals surface area contributed by atoms with Crippen LogP contribution in [0, 0.1) is 25.7 Å². The highest BCUT2D eigenvalue weighted by Crippen LogP contribution is 2.39. The van der Waals surface area contributed by atoms with Crippen LogP contribution >= 0.6 is 11.8 Å². The van der Waals surface area contributed by atoms with Crippen LogP contribution in [0.1, 0.15) is 59.3 Å². The summed E-state index contributed by atoms with van der Waals surface area (Å²) in [6.07, 6.45) is -3.79. The first-order valence-corrected chi connectivity index (χ1v) is 11.7. The molecule has 2 unspecified atom stereocenters. The molecule has 0 spiro atoms. The number of carbonyl (C=O) groups is 2. The van der Waals surface area contributed by atoms with Crippen LogP contribution in [0.2, 0.25) is 0 Å². The Balaban J connectivity index is 1.76. The van der Waals surface area contributed by atoms with Crippen molar-refractivity contribution in [2.75, 3.05) is 5.75 Å². The smallest absolute Gasteiger partial charge is 0.416 e. The maximum absolute atomic E-state index is 13.1. The van der Waals surface area contributed by atoms with Crippen molar-refractivity contribution in [2.24, 2.45) is 11.8 Å². The highest BCUT2D eigenvalue weighted by atomic mass is 32.2. The van der Waals surface area contributed by atoms with Gasteiger partial charge in [0.25, 0.3) is 0 Å². The standard InChI is InChI=1S/C26H27F3O3S/c1-14-9-15(2)24(21(10-14)17(4)30)25-22(31)11-18(12-23(25)32)16(3)13-33-20-7-5-19(6-8-20)26(27,28)29/h5-10,16,18,31H,11-13H2,1-4H3. The summed E-state index contributed by atoms with van der Waals surface area (Å²) in [5.74, 6) is 0.217. The lowest BCUT2D eigenvalue weighted by atomic mass is 9.77. The first-order chi connectivity index (χ1) is 15.4. The van der Waals surface area contributed by atoms with E-state index in [0.717, 1.165) is 28.2 Å². The summed E-state index contributed by atoms with van der Waals surface area (Å²) < 4.78 is 38.2. The Morgan fingerprint density at radius 1 is 1.15 bits per heavy atom. The number of aliphatic hydroxyl groups excluding tert-OH is 1. The minimum absolute atomic E-state index is 0.00270. The van der Waals surface area contributed by atoms with E-state index in [2.05, 4.69) is 0 Å². The van der Waals surface area contributed by atoms with Crippen LogP contribution in [0.25, 0.3) is 5.57 Å². The van der Waals surface area contributed by atoms with E-state index < -0.39 is 11.7 Å². The van der Waals surface area contributed by atoms with Crippen molar-refractivity contribution < 1.29 is 27.9 Å². The topological polar surface area (TPSA) is 54.4 Å². The van der Waals surface area contributed by atoms with Gasteiger partial charge in [-0.05, 0) is 68.5 Å². The first kappa shape index (κ1) is 25.1. The van der Waals surface area contributed by atoms with E-state index >= 15 is 0 Å². The average Bonchev–Trinajstić information content (AvgIpc) is 2.72. The van der Waals surface area contributed by atoms with Crippen molar-refractivity contribution in [3.8, 4) is 0 Å². The van der Waals surface area contributed by atoms with Gasteiger partial charge in [0, 0.05) is 34.6 Å². The molecule has 0 saturated carbocycles. The van der Waals surface area contributed by atoms with Crippen LogP contribution in [-0.4, -0.2) is 22.4 Å². The molecular formula is C26H27F3O3S. The van der Waals surface area contributed by atoms with Crippen molar-refractivity contribution >= 4 is 28.9 Å². The normalized spacial score (nSPS) is 17.9. The van der Waals surface area contributed by atoms with Crippen molar-refractivity contribution in [1.82, 2.24) is 0 Å². The van der Waals surface area contributed by atoms with Crippen molar-refractivity contribution in [2.45, 2.75) is 51.6 Å². The number of aryl methyl sites for hydroxylation is 2. The van der Waals surface area contributed by atoms with Gasteiger partial charge in [0.05, 0.1) is 11.1 Å². The number of carbonyl (C=O) groups excluding carboxylic acids is 2. The second kappa shape index (κ2) is 9.75. The minimum Gasteiger partial charge on any atom is -0.512 e. The predicted molar refractivity (Wildman–Crippen MR) is 125 cm³/mol. The summed E-state index contributed by atoms with van der Waals surface area (Å²) >= 11 is 1.43. The second-order valence-corrected chi connectivity index (χ2v) is 9.88. The van der Waals surface area contributed by atoms with E-state index in [0.29, 0.717) is 23.3 Å². The SMILES string of the molecule is CC(=O)c1cc(C)cc(C)c1C1=C(O)CC(C(C)CSc2ccc(C(F)(F)F)cc2)CC1=O. The Labute approximate surface area is 196 Å². The van der Waals surface area contributed by atoms with Gasteiger partial charge in [-0.1, -0.05) is 18.6 Å². The highest BCUT2D eigenvalue weighted by molar-refractivity contribution is 7.99. The molecule has 0 aromatic heterocycles. The molecule has 3 nitrogen and oxygen atoms in total. The number of hydrogen-bond donors (Lipinski definition) is 1. The number of alkyl halides is 3. The summed E-state index contributed by atoms with van der Waals surface area (Å²) in [6.45, 7) is 7.14. The van der Waals surface area contributed by atoms with Gasteiger partial charge in [0.15, 0.2) is 11.6 Å². The zero-order valence-electron chi connectivity index (χ0n) is 19.0. The van der Waals surface area contributed by atoms with Crippen LogP contribution in [0.5, 0.6) is 0 Å². The van der Waals surface area contributed by atoms with E-state index in [1.807, 2.05) is 26.8 Å². The average molecular weight is 477 g/mol. The lowest BCUT2D eigenvalue weighted by molar-refractivity contribution is -0.137. The van der Waals surface area contributed by atoms with Gasteiger partial charge in [-0.15, -0.1) is 11.8 Å². The summed E-state index contributed by atoms with van der Waals surface area (Å²) in [5, 5.41) is 10.8. The van der Waals surface area contributed by atoms with Gasteiger partial charge in [-0.3, -0.25) is 9.59 Å². The van der Waals surface area contributed by atoms with E-state index in [-0.39, 0.29) is 41.2 Å². The minimum atomic E-state index is -4.36. The van der Waals surface area contributed by atoms with Gasteiger partial charge in [0.1, 0.15) is 5.76 Å². The maximum atomic E-state index is 13.1. The molecule has 0 heterocycles. The molecule has 3 rings (SSSR count). The number of benzene rings is 2. The number of ketones is 2. The van der Waals surface area contributed by atoms with E-state index in [1.165, 1.54) is 30.8 Å². The largest absolute Gasteiger partial charge is 0.512 e. The number of Topliss-reactive ketones (excluding diaryl/α,β-unsaturated/α-hetero) is 2. The fourth-order valence-corrected chi connectivity index (χ4v) is 5.35. The highest BCUT2D eigenvalue weighted by Gasteiger charge is 2.34. The fraction of sp³-hybridized carbons (Fsp3) is 0.385. The Bertz CT molecular complexity index is 1100. The van der Waals surface area contributed by atoms with Crippen LogP contribution in [-0.2, 0) is 11.0 Å². The van der Waals surface area contributed by atoms with Gasteiger partial charge in [0.2, 0.25) is 0 Å². The molecule has 1 aliphatic rings. The van der Waals surface area contributed by atoms with Gasteiger partial charge in [-0.25, -0.2) is 0 Å². The predicted octanol–water partition coefficient (Wildman–Crippen LogP) is 7.20. The van der Waals surface area contributed by atoms with Crippen LogP contribution in [0.4, 0.5) is 13.2 Å². The van der Waals surface area contributed by atoms with Crippen LogP contribution in [0.3, 0.4) is 0 Å². The monoisotopic (exact) mass is 476 g/mol. The van der Waals surface area contributed by atoms with Crippen molar-refractivity contribution in [1.29, 1.82) is 0 Å². The summed E-state index contributed by atoms with van der Waals surface area (Å²) in [6, 6.07) is 8.66. The Morgan fingerprint density at radius 3 is 2.33 bits per heavy atom.